The Kier molecular flexibility index (Phi) is 3.28. The van der Waals surface area contributed by atoms with E-state index < -0.39 is 5.97 Å². The second-order valence-corrected chi connectivity index (χ2v) is 4.02. The minimum atomic E-state index is -0.928. The fourth-order valence-corrected chi connectivity index (χ4v) is 1.93. The molecule has 0 saturated heterocycles. The van der Waals surface area contributed by atoms with Crippen LogP contribution in [0.15, 0.2) is 36.5 Å². The molecule has 0 fully saturated rings. The third-order valence-corrected chi connectivity index (χ3v) is 2.76. The van der Waals surface area contributed by atoms with Crippen molar-refractivity contribution >= 4 is 5.97 Å². The quantitative estimate of drug-likeness (QED) is 0.844. The fraction of sp³-hybridized carbons (Fsp3) is 0.214. The second kappa shape index (κ2) is 4.87. The van der Waals surface area contributed by atoms with Crippen molar-refractivity contribution in [3.63, 3.8) is 0 Å². The molecule has 3 heteroatoms. The van der Waals surface area contributed by atoms with Crippen molar-refractivity contribution < 1.29 is 9.90 Å². The van der Waals surface area contributed by atoms with Crippen LogP contribution in [0.5, 0.6) is 0 Å². The molecule has 0 aliphatic rings. The summed E-state index contributed by atoms with van der Waals surface area (Å²) in [6, 6.07) is 9.84. The van der Waals surface area contributed by atoms with E-state index in [4.69, 9.17) is 5.11 Å². The van der Waals surface area contributed by atoms with E-state index in [1.54, 1.807) is 12.3 Å². The minimum Gasteiger partial charge on any atom is -0.477 e. The van der Waals surface area contributed by atoms with Gasteiger partial charge in [-0.3, -0.25) is 0 Å². The van der Waals surface area contributed by atoms with E-state index in [9.17, 15) is 4.79 Å². The van der Waals surface area contributed by atoms with Gasteiger partial charge in [0, 0.05) is 11.8 Å². The van der Waals surface area contributed by atoms with Gasteiger partial charge in [-0.1, -0.05) is 37.6 Å². The smallest absolute Gasteiger partial charge is 0.352 e. The van der Waals surface area contributed by atoms with Crippen LogP contribution in [0, 0.1) is 0 Å². The summed E-state index contributed by atoms with van der Waals surface area (Å²) in [6.45, 7) is 2.14. The van der Waals surface area contributed by atoms with Gasteiger partial charge in [-0.05, 0) is 23.6 Å². The van der Waals surface area contributed by atoms with Gasteiger partial charge in [0.05, 0.1) is 0 Å². The van der Waals surface area contributed by atoms with Gasteiger partial charge in [-0.15, -0.1) is 0 Å². The van der Waals surface area contributed by atoms with Crippen molar-refractivity contribution in [1.29, 1.82) is 0 Å². The minimum absolute atomic E-state index is 0.244. The molecule has 0 atom stereocenters. The number of carboxylic acids is 1. The number of carboxylic acid groups (broad SMARTS) is 1. The number of aryl methyl sites for hydroxylation is 1. The van der Waals surface area contributed by atoms with E-state index in [1.807, 2.05) is 12.1 Å². The number of H-pyrrole nitrogens is 1. The van der Waals surface area contributed by atoms with E-state index in [1.165, 1.54) is 5.56 Å². The van der Waals surface area contributed by atoms with E-state index in [0.29, 0.717) is 0 Å². The Bertz CT molecular complexity index is 511. The third kappa shape index (κ3) is 2.38. The normalized spacial score (nSPS) is 10.4. The Morgan fingerprint density at radius 2 is 1.94 bits per heavy atom. The molecule has 1 heterocycles. The number of hydrogen-bond acceptors (Lipinski definition) is 1. The standard InChI is InChI=1S/C14H15NO2/c1-2-3-10-4-6-11(7-5-10)12-8-9-15-13(12)14(16)17/h4-9,15H,2-3H2,1H3,(H,16,17). The molecule has 3 nitrogen and oxygen atoms in total. The Hall–Kier alpha value is -2.03. The summed E-state index contributed by atoms with van der Waals surface area (Å²) in [7, 11) is 0. The first kappa shape index (κ1) is 11.5. The van der Waals surface area contributed by atoms with Crippen LogP contribution in [-0.4, -0.2) is 16.1 Å². The number of rotatable bonds is 4. The molecule has 17 heavy (non-hydrogen) atoms. The number of hydrogen-bond donors (Lipinski definition) is 2. The van der Waals surface area contributed by atoms with Crippen LogP contribution in [-0.2, 0) is 6.42 Å². The predicted octanol–water partition coefficient (Wildman–Crippen LogP) is 3.33. The molecule has 0 bridgehead atoms. The summed E-state index contributed by atoms with van der Waals surface area (Å²) >= 11 is 0. The maximum Gasteiger partial charge on any atom is 0.352 e. The SMILES string of the molecule is CCCc1ccc(-c2cc[nH]c2C(=O)O)cc1. The molecule has 2 aromatic rings. The molecule has 2 N–H and O–H groups in total. The van der Waals surface area contributed by atoms with E-state index >= 15 is 0 Å². The molecule has 88 valence electrons. The third-order valence-electron chi connectivity index (χ3n) is 2.76. The van der Waals surface area contributed by atoms with Gasteiger partial charge >= 0.3 is 5.97 Å². The maximum absolute atomic E-state index is 11.0. The number of nitrogens with one attached hydrogen (secondary N) is 1. The Labute approximate surface area is 100 Å². The van der Waals surface area contributed by atoms with Crippen LogP contribution in [0.1, 0.15) is 29.4 Å². The average Bonchev–Trinajstić information content (AvgIpc) is 2.79. The molecule has 0 aliphatic carbocycles. The highest BCUT2D eigenvalue weighted by Crippen LogP contribution is 2.23. The van der Waals surface area contributed by atoms with Crippen molar-refractivity contribution in [2.75, 3.05) is 0 Å². The first-order valence-electron chi connectivity index (χ1n) is 5.72. The predicted molar refractivity (Wildman–Crippen MR) is 67.2 cm³/mol. The second-order valence-electron chi connectivity index (χ2n) is 4.02. The van der Waals surface area contributed by atoms with Crippen molar-refractivity contribution in [3.05, 3.63) is 47.8 Å². The number of benzene rings is 1. The van der Waals surface area contributed by atoms with Gasteiger partial charge in [-0.25, -0.2) is 4.79 Å². The first-order valence-corrected chi connectivity index (χ1v) is 5.72. The van der Waals surface area contributed by atoms with E-state index in [0.717, 1.165) is 24.0 Å². The van der Waals surface area contributed by atoms with E-state index in [2.05, 4.69) is 24.0 Å². The van der Waals surface area contributed by atoms with Gasteiger partial charge in [0.1, 0.15) is 5.69 Å². The molecule has 0 radical (unpaired) electrons. The lowest BCUT2D eigenvalue weighted by Gasteiger charge is -2.03. The topological polar surface area (TPSA) is 53.1 Å². The molecule has 1 aromatic carbocycles. The summed E-state index contributed by atoms with van der Waals surface area (Å²) in [5, 5.41) is 9.02. The van der Waals surface area contributed by atoms with Crippen LogP contribution < -0.4 is 0 Å². The molecular formula is C14H15NO2. The fourth-order valence-electron chi connectivity index (χ4n) is 1.93. The molecule has 1 aromatic heterocycles. The monoisotopic (exact) mass is 229 g/mol. The highest BCUT2D eigenvalue weighted by molar-refractivity contribution is 5.94. The Morgan fingerprint density at radius 3 is 2.53 bits per heavy atom. The molecule has 2 rings (SSSR count). The molecule has 0 aliphatic heterocycles. The van der Waals surface area contributed by atoms with Gasteiger partial charge in [0.2, 0.25) is 0 Å². The van der Waals surface area contributed by atoms with Crippen molar-refractivity contribution in [2.24, 2.45) is 0 Å². The zero-order valence-electron chi connectivity index (χ0n) is 9.73. The molecule has 0 saturated carbocycles. The zero-order valence-corrected chi connectivity index (χ0v) is 9.73. The molecule has 0 spiro atoms. The first-order chi connectivity index (χ1) is 8.22. The molecule has 0 unspecified atom stereocenters. The van der Waals surface area contributed by atoms with Gasteiger partial charge in [0.15, 0.2) is 0 Å². The summed E-state index contributed by atoms with van der Waals surface area (Å²) in [6.07, 6.45) is 3.82. The Morgan fingerprint density at radius 1 is 1.24 bits per heavy atom. The summed E-state index contributed by atoms with van der Waals surface area (Å²) < 4.78 is 0. The van der Waals surface area contributed by atoms with E-state index in [-0.39, 0.29) is 5.69 Å². The van der Waals surface area contributed by atoms with Gasteiger partial charge in [-0.2, -0.15) is 0 Å². The Balaban J connectivity index is 2.33. The van der Waals surface area contributed by atoms with Crippen LogP contribution in [0.4, 0.5) is 0 Å². The molecule has 0 amide bonds. The summed E-state index contributed by atoms with van der Waals surface area (Å²) in [4.78, 5) is 13.7. The van der Waals surface area contributed by atoms with Crippen LogP contribution in [0.3, 0.4) is 0 Å². The largest absolute Gasteiger partial charge is 0.477 e. The summed E-state index contributed by atoms with van der Waals surface area (Å²) in [5.74, 6) is -0.928. The van der Waals surface area contributed by atoms with Crippen molar-refractivity contribution in [2.45, 2.75) is 19.8 Å². The highest BCUT2D eigenvalue weighted by atomic mass is 16.4. The lowest BCUT2D eigenvalue weighted by molar-refractivity contribution is 0.0692. The van der Waals surface area contributed by atoms with Crippen LogP contribution in [0.25, 0.3) is 11.1 Å². The highest BCUT2D eigenvalue weighted by Gasteiger charge is 2.12. The summed E-state index contributed by atoms with van der Waals surface area (Å²) in [5.41, 5.74) is 3.20. The van der Waals surface area contributed by atoms with Crippen LogP contribution in [0.2, 0.25) is 0 Å². The average molecular weight is 229 g/mol. The number of carbonyl (C=O) groups is 1. The zero-order chi connectivity index (χ0) is 12.3. The van der Waals surface area contributed by atoms with Gasteiger partial charge < -0.3 is 10.1 Å². The van der Waals surface area contributed by atoms with Crippen LogP contribution >= 0.6 is 0 Å². The lowest BCUT2D eigenvalue weighted by Crippen LogP contribution is -1.98. The maximum atomic E-state index is 11.0. The molecular weight excluding hydrogens is 214 g/mol. The number of aromatic carboxylic acids is 1. The lowest BCUT2D eigenvalue weighted by atomic mass is 10.0. The number of aromatic nitrogens is 1. The van der Waals surface area contributed by atoms with Crippen molar-refractivity contribution in [3.8, 4) is 11.1 Å². The number of aromatic amines is 1. The van der Waals surface area contributed by atoms with Crippen molar-refractivity contribution in [1.82, 2.24) is 4.98 Å². The van der Waals surface area contributed by atoms with Gasteiger partial charge in [0.25, 0.3) is 0 Å².